The normalized spacial score (nSPS) is 11.7. The van der Waals surface area contributed by atoms with Gasteiger partial charge in [-0.1, -0.05) is 48.2 Å². The molecule has 0 aliphatic carbocycles. The van der Waals surface area contributed by atoms with Gasteiger partial charge in [-0.3, -0.25) is 0 Å². The lowest BCUT2D eigenvalue weighted by molar-refractivity contribution is 0.0696. The summed E-state index contributed by atoms with van der Waals surface area (Å²) in [6, 6.07) is 19.5. The standard InChI is InChI=1S/C20H19N3O2S/c24-20(25)16-9-10-18(23-14-16)21-13-11-17(15-6-2-1-3-7-15)26-19-8-4-5-12-22-19/h1-10,12,14,17H,11,13H2,(H,21,23)(H,24,25). The number of nitrogens with zero attached hydrogens (tertiary/aromatic N) is 2. The first-order chi connectivity index (χ1) is 12.7. The SMILES string of the molecule is O=C(O)c1ccc(NCCC(Sc2ccccn2)c2ccccc2)nc1. The van der Waals surface area contributed by atoms with Gasteiger partial charge in [0.05, 0.1) is 10.6 Å². The molecule has 26 heavy (non-hydrogen) atoms. The van der Waals surface area contributed by atoms with E-state index in [1.807, 2.05) is 36.4 Å². The molecule has 6 heteroatoms. The van der Waals surface area contributed by atoms with Gasteiger partial charge in [-0.15, -0.1) is 0 Å². The molecule has 132 valence electrons. The van der Waals surface area contributed by atoms with Gasteiger partial charge in [-0.2, -0.15) is 0 Å². The molecular formula is C20H19N3O2S. The number of thioether (sulfide) groups is 1. The van der Waals surface area contributed by atoms with Crippen LogP contribution in [0.3, 0.4) is 0 Å². The van der Waals surface area contributed by atoms with E-state index in [0.29, 0.717) is 5.82 Å². The molecule has 2 aromatic heterocycles. The van der Waals surface area contributed by atoms with Crippen molar-refractivity contribution in [3.05, 3.63) is 84.2 Å². The Morgan fingerprint density at radius 3 is 2.50 bits per heavy atom. The monoisotopic (exact) mass is 365 g/mol. The number of pyridine rings is 2. The maximum absolute atomic E-state index is 10.9. The summed E-state index contributed by atoms with van der Waals surface area (Å²) in [6.07, 6.45) is 4.05. The van der Waals surface area contributed by atoms with Crippen LogP contribution in [0.25, 0.3) is 0 Å². The maximum Gasteiger partial charge on any atom is 0.337 e. The fraction of sp³-hybridized carbons (Fsp3) is 0.150. The van der Waals surface area contributed by atoms with Crippen LogP contribution in [0, 0.1) is 0 Å². The summed E-state index contributed by atoms with van der Waals surface area (Å²) in [5.41, 5.74) is 1.43. The lowest BCUT2D eigenvalue weighted by Gasteiger charge is -2.17. The summed E-state index contributed by atoms with van der Waals surface area (Å²) in [6.45, 7) is 0.721. The molecule has 0 spiro atoms. The van der Waals surface area contributed by atoms with Crippen LogP contribution in [-0.4, -0.2) is 27.6 Å². The largest absolute Gasteiger partial charge is 0.478 e. The van der Waals surface area contributed by atoms with Crippen LogP contribution < -0.4 is 5.32 Å². The van der Waals surface area contributed by atoms with Crippen molar-refractivity contribution in [2.24, 2.45) is 0 Å². The Hall–Kier alpha value is -2.86. The summed E-state index contributed by atoms with van der Waals surface area (Å²) >= 11 is 1.73. The topological polar surface area (TPSA) is 75.1 Å². The van der Waals surface area contributed by atoms with Crippen LogP contribution in [0.4, 0.5) is 5.82 Å². The van der Waals surface area contributed by atoms with Crippen molar-refractivity contribution in [3.8, 4) is 0 Å². The molecule has 0 radical (unpaired) electrons. The number of carboxylic acids is 1. The second-order valence-electron chi connectivity index (χ2n) is 5.64. The zero-order valence-electron chi connectivity index (χ0n) is 14.1. The van der Waals surface area contributed by atoms with Gasteiger partial charge in [0, 0.05) is 24.2 Å². The summed E-state index contributed by atoms with van der Waals surface area (Å²) in [7, 11) is 0. The van der Waals surface area contributed by atoms with Gasteiger partial charge in [-0.25, -0.2) is 14.8 Å². The van der Waals surface area contributed by atoms with Crippen LogP contribution in [0.2, 0.25) is 0 Å². The van der Waals surface area contributed by atoms with Gasteiger partial charge in [0.15, 0.2) is 0 Å². The van der Waals surface area contributed by atoms with Crippen LogP contribution >= 0.6 is 11.8 Å². The fourth-order valence-electron chi connectivity index (χ4n) is 2.48. The molecule has 5 nitrogen and oxygen atoms in total. The first-order valence-electron chi connectivity index (χ1n) is 8.28. The minimum absolute atomic E-state index is 0.184. The van der Waals surface area contributed by atoms with Crippen molar-refractivity contribution >= 4 is 23.5 Å². The Bertz CT molecular complexity index is 827. The van der Waals surface area contributed by atoms with Crippen LogP contribution in [-0.2, 0) is 0 Å². The van der Waals surface area contributed by atoms with Gasteiger partial charge in [0.25, 0.3) is 0 Å². The number of hydrogen-bond donors (Lipinski definition) is 2. The second-order valence-corrected chi connectivity index (χ2v) is 6.86. The van der Waals surface area contributed by atoms with Crippen LogP contribution in [0.1, 0.15) is 27.6 Å². The van der Waals surface area contributed by atoms with E-state index in [9.17, 15) is 4.79 Å². The molecule has 1 aromatic carbocycles. The van der Waals surface area contributed by atoms with Gasteiger partial charge in [0.1, 0.15) is 5.82 Å². The maximum atomic E-state index is 10.9. The molecule has 1 atom stereocenters. The number of carboxylic acid groups (broad SMARTS) is 1. The zero-order valence-corrected chi connectivity index (χ0v) is 14.9. The number of nitrogens with one attached hydrogen (secondary N) is 1. The van der Waals surface area contributed by atoms with E-state index in [1.165, 1.54) is 11.8 Å². The molecule has 3 aromatic rings. The predicted molar refractivity (Wildman–Crippen MR) is 104 cm³/mol. The minimum atomic E-state index is -0.972. The number of rotatable bonds is 8. The van der Waals surface area contributed by atoms with Crippen molar-refractivity contribution in [2.45, 2.75) is 16.7 Å². The van der Waals surface area contributed by atoms with Gasteiger partial charge < -0.3 is 10.4 Å². The molecular weight excluding hydrogens is 346 g/mol. The fourth-order valence-corrected chi connectivity index (χ4v) is 3.58. The lowest BCUT2D eigenvalue weighted by atomic mass is 10.1. The number of carbonyl (C=O) groups is 1. The second kappa shape index (κ2) is 9.01. The molecule has 0 saturated carbocycles. The number of aromatic carboxylic acids is 1. The molecule has 0 amide bonds. The molecule has 2 N–H and O–H groups in total. The van der Waals surface area contributed by atoms with Gasteiger partial charge in [0.2, 0.25) is 0 Å². The Morgan fingerprint density at radius 2 is 1.85 bits per heavy atom. The van der Waals surface area contributed by atoms with E-state index >= 15 is 0 Å². The molecule has 0 bridgehead atoms. The highest BCUT2D eigenvalue weighted by Crippen LogP contribution is 2.36. The predicted octanol–water partition coefficient (Wildman–Crippen LogP) is 4.51. The van der Waals surface area contributed by atoms with Crippen molar-refractivity contribution in [1.29, 1.82) is 0 Å². The van der Waals surface area contributed by atoms with E-state index in [-0.39, 0.29) is 10.8 Å². The van der Waals surface area contributed by atoms with Crippen molar-refractivity contribution in [3.63, 3.8) is 0 Å². The Balaban J connectivity index is 1.63. The summed E-state index contributed by atoms with van der Waals surface area (Å²) in [5, 5.41) is 13.4. The molecule has 0 aliphatic rings. The molecule has 0 saturated heterocycles. The number of anilines is 1. The summed E-state index contributed by atoms with van der Waals surface area (Å²) in [4.78, 5) is 19.4. The quantitative estimate of drug-likeness (QED) is 0.572. The van der Waals surface area contributed by atoms with Crippen molar-refractivity contribution in [1.82, 2.24) is 9.97 Å². The van der Waals surface area contributed by atoms with Crippen LogP contribution in [0.15, 0.2) is 78.1 Å². The average Bonchev–Trinajstić information content (AvgIpc) is 2.69. The van der Waals surface area contributed by atoms with Crippen molar-refractivity contribution < 1.29 is 9.90 Å². The third-order valence-corrected chi connectivity index (χ3v) is 5.07. The summed E-state index contributed by atoms with van der Waals surface area (Å²) in [5.74, 6) is -0.301. The van der Waals surface area contributed by atoms with Crippen molar-refractivity contribution in [2.75, 3.05) is 11.9 Å². The molecule has 3 rings (SSSR count). The lowest BCUT2D eigenvalue weighted by Crippen LogP contribution is -2.08. The van der Waals surface area contributed by atoms with Crippen LogP contribution in [0.5, 0.6) is 0 Å². The number of hydrogen-bond acceptors (Lipinski definition) is 5. The van der Waals surface area contributed by atoms with E-state index in [1.54, 1.807) is 30.1 Å². The smallest absolute Gasteiger partial charge is 0.337 e. The van der Waals surface area contributed by atoms with E-state index in [2.05, 4.69) is 27.4 Å². The number of aromatic nitrogens is 2. The van der Waals surface area contributed by atoms with Gasteiger partial charge in [-0.05, 0) is 36.2 Å². The molecule has 0 aliphatic heterocycles. The number of benzene rings is 1. The van der Waals surface area contributed by atoms with E-state index in [4.69, 9.17) is 5.11 Å². The average molecular weight is 365 g/mol. The van der Waals surface area contributed by atoms with E-state index < -0.39 is 5.97 Å². The highest BCUT2D eigenvalue weighted by Gasteiger charge is 2.14. The molecule has 0 fully saturated rings. The molecule has 1 unspecified atom stereocenters. The molecule has 2 heterocycles. The highest BCUT2D eigenvalue weighted by atomic mass is 32.2. The first-order valence-corrected chi connectivity index (χ1v) is 9.16. The first kappa shape index (κ1) is 17.9. The zero-order chi connectivity index (χ0) is 18.2. The third kappa shape index (κ3) is 5.07. The summed E-state index contributed by atoms with van der Waals surface area (Å²) < 4.78 is 0. The Morgan fingerprint density at radius 1 is 1.04 bits per heavy atom. The Kier molecular flexibility index (Phi) is 6.22. The van der Waals surface area contributed by atoms with E-state index in [0.717, 1.165) is 18.0 Å². The Labute approximate surface area is 156 Å². The third-order valence-electron chi connectivity index (χ3n) is 3.80. The minimum Gasteiger partial charge on any atom is -0.478 e. The highest BCUT2D eigenvalue weighted by molar-refractivity contribution is 7.99. The van der Waals surface area contributed by atoms with Gasteiger partial charge >= 0.3 is 5.97 Å².